The second kappa shape index (κ2) is 5.61. The highest BCUT2D eigenvalue weighted by molar-refractivity contribution is 5.99. The van der Waals surface area contributed by atoms with E-state index in [0.717, 1.165) is 24.8 Å². The van der Waals surface area contributed by atoms with E-state index in [1.54, 1.807) is 25.5 Å². The number of amides is 2. The van der Waals surface area contributed by atoms with Crippen LogP contribution in [-0.4, -0.2) is 34.3 Å². The molecule has 2 N–H and O–H groups in total. The van der Waals surface area contributed by atoms with Crippen LogP contribution in [0.25, 0.3) is 0 Å². The van der Waals surface area contributed by atoms with Gasteiger partial charge >= 0.3 is 0 Å². The summed E-state index contributed by atoms with van der Waals surface area (Å²) in [4.78, 5) is 30.2. The maximum atomic E-state index is 12.7. The molecule has 1 aliphatic carbocycles. The number of nitrogens with two attached hydrogens (primary N) is 1. The molecule has 0 saturated heterocycles. The van der Waals surface area contributed by atoms with Crippen LogP contribution in [0.4, 0.5) is 0 Å². The van der Waals surface area contributed by atoms with Crippen molar-refractivity contribution in [1.82, 2.24) is 9.88 Å². The lowest BCUT2D eigenvalue weighted by atomic mass is 9.93. The number of nitrogens with zero attached hydrogens (tertiary/aromatic N) is 2. The van der Waals surface area contributed by atoms with Crippen molar-refractivity contribution in [3.63, 3.8) is 0 Å². The van der Waals surface area contributed by atoms with Crippen molar-refractivity contribution in [3.8, 4) is 0 Å². The first-order valence-electron chi connectivity index (χ1n) is 7.04. The summed E-state index contributed by atoms with van der Waals surface area (Å²) in [6, 6.07) is 1.71. The van der Waals surface area contributed by atoms with Crippen molar-refractivity contribution >= 4 is 11.8 Å². The number of primary amides is 1. The van der Waals surface area contributed by atoms with E-state index < -0.39 is 11.4 Å². The monoisotopic (exact) mass is 275 g/mol. The van der Waals surface area contributed by atoms with Crippen LogP contribution in [0.1, 0.15) is 48.5 Å². The Morgan fingerprint density at radius 3 is 2.60 bits per heavy atom. The van der Waals surface area contributed by atoms with Gasteiger partial charge in [0.2, 0.25) is 5.91 Å². The molecule has 1 aliphatic rings. The summed E-state index contributed by atoms with van der Waals surface area (Å²) in [6.45, 7) is 1.98. The molecule has 1 aromatic heterocycles. The molecule has 0 atom stereocenters. The number of aromatic nitrogens is 1. The predicted octanol–water partition coefficient (Wildman–Crippen LogP) is 1.51. The van der Waals surface area contributed by atoms with Crippen molar-refractivity contribution in [2.45, 2.75) is 44.6 Å². The predicted molar refractivity (Wildman–Crippen MR) is 76.1 cm³/mol. The van der Waals surface area contributed by atoms with Crippen molar-refractivity contribution in [2.24, 2.45) is 5.73 Å². The number of hydrogen-bond donors (Lipinski definition) is 1. The molecule has 1 heterocycles. The molecule has 5 heteroatoms. The van der Waals surface area contributed by atoms with Gasteiger partial charge in [0.15, 0.2) is 0 Å². The molecule has 1 aromatic rings. The van der Waals surface area contributed by atoms with Gasteiger partial charge in [-0.15, -0.1) is 0 Å². The zero-order chi connectivity index (χ0) is 14.8. The van der Waals surface area contributed by atoms with E-state index in [-0.39, 0.29) is 5.91 Å². The molecule has 1 saturated carbocycles. The minimum absolute atomic E-state index is 0.148. The van der Waals surface area contributed by atoms with Crippen LogP contribution in [0.2, 0.25) is 0 Å². The van der Waals surface area contributed by atoms with Crippen molar-refractivity contribution < 1.29 is 9.59 Å². The average molecular weight is 275 g/mol. The number of carbonyl (C=O) groups is 2. The van der Waals surface area contributed by atoms with E-state index in [0.29, 0.717) is 18.4 Å². The number of carbonyl (C=O) groups excluding carboxylic acids is 2. The molecular weight excluding hydrogens is 254 g/mol. The Kier molecular flexibility index (Phi) is 4.06. The lowest BCUT2D eigenvalue weighted by molar-refractivity contribution is -0.127. The van der Waals surface area contributed by atoms with E-state index in [1.165, 1.54) is 4.90 Å². The van der Waals surface area contributed by atoms with E-state index in [9.17, 15) is 9.59 Å². The Hall–Kier alpha value is -1.91. The van der Waals surface area contributed by atoms with Gasteiger partial charge in [-0.25, -0.2) is 0 Å². The lowest BCUT2D eigenvalue weighted by Gasteiger charge is -2.36. The van der Waals surface area contributed by atoms with Crippen molar-refractivity contribution in [2.75, 3.05) is 7.05 Å². The Morgan fingerprint density at radius 2 is 2.05 bits per heavy atom. The first-order valence-corrected chi connectivity index (χ1v) is 7.04. The first kappa shape index (κ1) is 14.5. The van der Waals surface area contributed by atoms with Crippen LogP contribution < -0.4 is 5.73 Å². The number of likely N-dealkylation sites (N-methyl/N-ethyl adjacent to an activating group) is 1. The summed E-state index contributed by atoms with van der Waals surface area (Å²) >= 11 is 0. The van der Waals surface area contributed by atoms with E-state index >= 15 is 0 Å². The molecule has 0 aliphatic heterocycles. The molecule has 1 fully saturated rings. The van der Waals surface area contributed by atoms with Crippen LogP contribution in [0.15, 0.2) is 18.5 Å². The van der Waals surface area contributed by atoms with Crippen molar-refractivity contribution in [3.05, 3.63) is 29.6 Å². The fourth-order valence-corrected chi connectivity index (χ4v) is 3.00. The highest BCUT2D eigenvalue weighted by Crippen LogP contribution is 2.35. The second-order valence-corrected chi connectivity index (χ2v) is 5.35. The zero-order valence-corrected chi connectivity index (χ0v) is 12.1. The fraction of sp³-hybridized carbons (Fsp3) is 0.533. The van der Waals surface area contributed by atoms with Crippen LogP contribution in [0.3, 0.4) is 0 Å². The molecular formula is C15H21N3O2. The van der Waals surface area contributed by atoms with Crippen LogP contribution in [0, 0.1) is 0 Å². The van der Waals surface area contributed by atoms with Gasteiger partial charge in [-0.05, 0) is 30.9 Å². The summed E-state index contributed by atoms with van der Waals surface area (Å²) < 4.78 is 0. The highest BCUT2D eigenvalue weighted by atomic mass is 16.2. The Bertz CT molecular complexity index is 522. The van der Waals surface area contributed by atoms with Gasteiger partial charge in [0.1, 0.15) is 5.54 Å². The molecule has 0 radical (unpaired) electrons. The summed E-state index contributed by atoms with van der Waals surface area (Å²) in [5.41, 5.74) is 6.25. The van der Waals surface area contributed by atoms with E-state index in [1.807, 2.05) is 6.92 Å². The highest BCUT2D eigenvalue weighted by Gasteiger charge is 2.45. The molecule has 2 rings (SSSR count). The molecule has 5 nitrogen and oxygen atoms in total. The standard InChI is InChI=1S/C15H21N3O2/c1-3-11-10-17-9-6-12(11)13(19)18(2)15(14(16)20)7-4-5-8-15/h6,9-10H,3-5,7-8H2,1-2H3,(H2,16,20). The third-order valence-electron chi connectivity index (χ3n) is 4.35. The van der Waals surface area contributed by atoms with Crippen LogP contribution >= 0.6 is 0 Å². The largest absolute Gasteiger partial charge is 0.368 e. The summed E-state index contributed by atoms with van der Waals surface area (Å²) in [7, 11) is 1.68. The number of hydrogen-bond acceptors (Lipinski definition) is 3. The second-order valence-electron chi connectivity index (χ2n) is 5.35. The molecule has 20 heavy (non-hydrogen) atoms. The molecule has 0 aromatic carbocycles. The minimum atomic E-state index is -0.828. The van der Waals surface area contributed by atoms with Gasteiger partial charge in [0.25, 0.3) is 5.91 Å². The average Bonchev–Trinajstić information content (AvgIpc) is 2.96. The minimum Gasteiger partial charge on any atom is -0.368 e. The Balaban J connectivity index is 2.34. The van der Waals surface area contributed by atoms with Gasteiger partial charge in [0.05, 0.1) is 0 Å². The quantitative estimate of drug-likeness (QED) is 0.905. The third kappa shape index (κ3) is 2.28. The topological polar surface area (TPSA) is 76.3 Å². The normalized spacial score (nSPS) is 16.9. The summed E-state index contributed by atoms with van der Waals surface area (Å²) in [5.74, 6) is -0.553. The third-order valence-corrected chi connectivity index (χ3v) is 4.35. The number of aryl methyl sites for hydroxylation is 1. The van der Waals surface area contributed by atoms with Gasteiger partial charge in [0, 0.05) is 25.0 Å². The van der Waals surface area contributed by atoms with E-state index in [2.05, 4.69) is 4.98 Å². The zero-order valence-electron chi connectivity index (χ0n) is 12.1. The summed E-state index contributed by atoms with van der Waals surface area (Å²) in [5, 5.41) is 0. The smallest absolute Gasteiger partial charge is 0.254 e. The molecule has 0 bridgehead atoms. The number of pyridine rings is 1. The Morgan fingerprint density at radius 1 is 1.40 bits per heavy atom. The lowest BCUT2D eigenvalue weighted by Crippen LogP contribution is -2.56. The van der Waals surface area contributed by atoms with Crippen LogP contribution in [0.5, 0.6) is 0 Å². The molecule has 0 unspecified atom stereocenters. The fourth-order valence-electron chi connectivity index (χ4n) is 3.00. The Labute approximate surface area is 119 Å². The molecule has 108 valence electrons. The van der Waals surface area contributed by atoms with Gasteiger partial charge < -0.3 is 10.6 Å². The maximum absolute atomic E-state index is 12.7. The van der Waals surface area contributed by atoms with Crippen molar-refractivity contribution in [1.29, 1.82) is 0 Å². The SMILES string of the molecule is CCc1cnccc1C(=O)N(C)C1(C(N)=O)CCCC1. The van der Waals surface area contributed by atoms with Gasteiger partial charge in [-0.2, -0.15) is 0 Å². The maximum Gasteiger partial charge on any atom is 0.254 e. The van der Waals surface area contributed by atoms with E-state index in [4.69, 9.17) is 5.73 Å². The number of rotatable bonds is 4. The summed E-state index contributed by atoms with van der Waals surface area (Å²) in [6.07, 6.45) is 7.19. The van der Waals surface area contributed by atoms with Crippen LogP contribution in [-0.2, 0) is 11.2 Å². The first-order chi connectivity index (χ1) is 9.53. The van der Waals surface area contributed by atoms with Gasteiger partial charge in [-0.1, -0.05) is 19.8 Å². The molecule has 0 spiro atoms. The van der Waals surface area contributed by atoms with Gasteiger partial charge in [-0.3, -0.25) is 14.6 Å². The molecule has 2 amide bonds.